The van der Waals surface area contributed by atoms with Gasteiger partial charge in [-0.15, -0.1) is 0 Å². The van der Waals surface area contributed by atoms with Crippen LogP contribution in [0, 0.1) is 0 Å². The van der Waals surface area contributed by atoms with Crippen LogP contribution in [0.3, 0.4) is 0 Å². The second kappa shape index (κ2) is 9.40. The van der Waals surface area contributed by atoms with Crippen LogP contribution >= 0.6 is 0 Å². The third-order valence-corrected chi connectivity index (χ3v) is 3.96. The van der Waals surface area contributed by atoms with Gasteiger partial charge in [-0.2, -0.15) is 0 Å². The van der Waals surface area contributed by atoms with Crippen molar-refractivity contribution in [1.82, 2.24) is 0 Å². The van der Waals surface area contributed by atoms with Gasteiger partial charge in [0.1, 0.15) is 18.0 Å². The number of amides is 2. The van der Waals surface area contributed by atoms with E-state index < -0.39 is 17.8 Å². The predicted molar refractivity (Wildman–Crippen MR) is 104 cm³/mol. The number of para-hydroxylation sites is 1. The zero-order valence-electron chi connectivity index (χ0n) is 16.1. The molecule has 0 saturated carbocycles. The van der Waals surface area contributed by atoms with Crippen LogP contribution in [0.1, 0.15) is 17.3 Å². The summed E-state index contributed by atoms with van der Waals surface area (Å²) >= 11 is 0. The number of nitrogens with zero attached hydrogens (tertiary/aromatic N) is 1. The van der Waals surface area contributed by atoms with Crippen molar-refractivity contribution in [3.05, 3.63) is 48.0 Å². The Hall–Kier alpha value is -3.55. The van der Waals surface area contributed by atoms with Crippen LogP contribution in [0.5, 0.6) is 11.5 Å². The number of carbonyl (C=O) groups excluding carboxylic acids is 3. The zero-order chi connectivity index (χ0) is 20.7. The van der Waals surface area contributed by atoms with Gasteiger partial charge in [-0.1, -0.05) is 12.1 Å². The SMILES string of the molecule is COC(=O)c1ccccc1N(CC(=O)Nc1cc(OC)ccc1OC)C(C)=O. The molecule has 0 unspecified atom stereocenters. The van der Waals surface area contributed by atoms with E-state index in [1.54, 1.807) is 36.4 Å². The number of benzene rings is 2. The minimum Gasteiger partial charge on any atom is -0.497 e. The fraction of sp³-hybridized carbons (Fsp3) is 0.250. The lowest BCUT2D eigenvalue weighted by atomic mass is 10.1. The first-order valence-electron chi connectivity index (χ1n) is 8.38. The van der Waals surface area contributed by atoms with Crippen molar-refractivity contribution in [1.29, 1.82) is 0 Å². The average molecular weight is 386 g/mol. The smallest absolute Gasteiger partial charge is 0.339 e. The maximum absolute atomic E-state index is 12.6. The lowest BCUT2D eigenvalue weighted by molar-refractivity contribution is -0.120. The lowest BCUT2D eigenvalue weighted by Crippen LogP contribution is -2.37. The summed E-state index contributed by atoms with van der Waals surface area (Å²) in [6.45, 7) is 1.01. The van der Waals surface area contributed by atoms with Crippen molar-refractivity contribution in [3.8, 4) is 11.5 Å². The molecule has 2 rings (SSSR count). The molecule has 0 atom stereocenters. The largest absolute Gasteiger partial charge is 0.497 e. The van der Waals surface area contributed by atoms with Crippen LogP contribution in [0.2, 0.25) is 0 Å². The summed E-state index contributed by atoms with van der Waals surface area (Å²) in [7, 11) is 4.24. The zero-order valence-corrected chi connectivity index (χ0v) is 16.1. The molecule has 28 heavy (non-hydrogen) atoms. The van der Waals surface area contributed by atoms with Crippen molar-refractivity contribution < 1.29 is 28.6 Å². The van der Waals surface area contributed by atoms with Crippen LogP contribution < -0.4 is 19.7 Å². The number of hydrogen-bond donors (Lipinski definition) is 1. The van der Waals surface area contributed by atoms with Gasteiger partial charge in [0.05, 0.1) is 38.3 Å². The van der Waals surface area contributed by atoms with E-state index in [2.05, 4.69) is 5.32 Å². The molecule has 8 nitrogen and oxygen atoms in total. The molecule has 148 valence electrons. The number of methoxy groups -OCH3 is 3. The Morgan fingerprint density at radius 1 is 1.00 bits per heavy atom. The molecule has 0 radical (unpaired) electrons. The molecule has 1 N–H and O–H groups in total. The topological polar surface area (TPSA) is 94.2 Å². The van der Waals surface area contributed by atoms with Gasteiger partial charge in [-0.3, -0.25) is 9.59 Å². The van der Waals surface area contributed by atoms with E-state index in [-0.39, 0.29) is 17.8 Å². The van der Waals surface area contributed by atoms with Gasteiger partial charge >= 0.3 is 5.97 Å². The molecule has 2 aromatic rings. The fourth-order valence-corrected chi connectivity index (χ4v) is 2.60. The summed E-state index contributed by atoms with van der Waals surface area (Å²) in [6.07, 6.45) is 0. The second-order valence-electron chi connectivity index (χ2n) is 5.73. The molecular formula is C20H22N2O6. The Balaban J connectivity index is 2.28. The molecular weight excluding hydrogens is 364 g/mol. The first-order chi connectivity index (χ1) is 13.4. The number of hydrogen-bond acceptors (Lipinski definition) is 6. The predicted octanol–water partition coefficient (Wildman–Crippen LogP) is 2.48. The molecule has 2 aromatic carbocycles. The summed E-state index contributed by atoms with van der Waals surface area (Å²) in [4.78, 5) is 38.0. The van der Waals surface area contributed by atoms with Crippen LogP contribution in [-0.4, -0.2) is 45.7 Å². The normalized spacial score (nSPS) is 10.0. The van der Waals surface area contributed by atoms with E-state index in [4.69, 9.17) is 14.2 Å². The number of rotatable bonds is 7. The Kier molecular flexibility index (Phi) is 6.97. The minimum absolute atomic E-state index is 0.187. The quantitative estimate of drug-likeness (QED) is 0.735. The molecule has 0 aliphatic heterocycles. The van der Waals surface area contributed by atoms with Gasteiger partial charge in [0.2, 0.25) is 11.8 Å². The molecule has 0 aliphatic rings. The van der Waals surface area contributed by atoms with Crippen molar-refractivity contribution in [2.24, 2.45) is 0 Å². The average Bonchev–Trinajstić information content (AvgIpc) is 2.71. The van der Waals surface area contributed by atoms with Gasteiger partial charge in [-0.05, 0) is 24.3 Å². The van der Waals surface area contributed by atoms with Gasteiger partial charge in [0, 0.05) is 13.0 Å². The first-order valence-corrected chi connectivity index (χ1v) is 8.38. The Bertz CT molecular complexity index is 881. The highest BCUT2D eigenvalue weighted by atomic mass is 16.5. The molecule has 0 aromatic heterocycles. The second-order valence-corrected chi connectivity index (χ2v) is 5.73. The maximum atomic E-state index is 12.6. The molecule has 0 aliphatic carbocycles. The van der Waals surface area contributed by atoms with Crippen LogP contribution in [0.15, 0.2) is 42.5 Å². The maximum Gasteiger partial charge on any atom is 0.339 e. The highest BCUT2D eigenvalue weighted by molar-refractivity contribution is 6.06. The summed E-state index contributed by atoms with van der Waals surface area (Å²) in [5.41, 5.74) is 0.873. The van der Waals surface area contributed by atoms with E-state index in [1.807, 2.05) is 0 Å². The Labute approximate surface area is 163 Å². The van der Waals surface area contributed by atoms with Crippen molar-refractivity contribution in [2.75, 3.05) is 38.1 Å². The molecule has 0 fully saturated rings. The summed E-state index contributed by atoms with van der Waals surface area (Å²) in [6, 6.07) is 11.4. The summed E-state index contributed by atoms with van der Waals surface area (Å²) < 4.78 is 15.1. The fourth-order valence-electron chi connectivity index (χ4n) is 2.60. The molecule has 0 saturated heterocycles. The molecule has 8 heteroatoms. The van der Waals surface area contributed by atoms with Crippen molar-refractivity contribution in [2.45, 2.75) is 6.92 Å². The first kappa shape index (κ1) is 20.8. The van der Waals surface area contributed by atoms with E-state index in [0.29, 0.717) is 17.2 Å². The monoisotopic (exact) mass is 386 g/mol. The Morgan fingerprint density at radius 3 is 2.32 bits per heavy atom. The molecule has 0 spiro atoms. The lowest BCUT2D eigenvalue weighted by Gasteiger charge is -2.23. The summed E-state index contributed by atoms with van der Waals surface area (Å²) in [5.74, 6) is -0.490. The van der Waals surface area contributed by atoms with Gasteiger partial charge in [-0.25, -0.2) is 4.79 Å². The summed E-state index contributed by atoms with van der Waals surface area (Å²) in [5, 5.41) is 2.70. The number of carbonyl (C=O) groups is 3. The van der Waals surface area contributed by atoms with E-state index in [1.165, 1.54) is 39.2 Å². The number of anilines is 2. The molecule has 0 heterocycles. The highest BCUT2D eigenvalue weighted by Crippen LogP contribution is 2.29. The minimum atomic E-state index is -0.600. The molecule has 0 bridgehead atoms. The van der Waals surface area contributed by atoms with Crippen LogP contribution in [-0.2, 0) is 14.3 Å². The third-order valence-electron chi connectivity index (χ3n) is 3.96. The molecule has 2 amide bonds. The van der Waals surface area contributed by atoms with E-state index in [0.717, 1.165) is 0 Å². The van der Waals surface area contributed by atoms with Crippen molar-refractivity contribution in [3.63, 3.8) is 0 Å². The van der Waals surface area contributed by atoms with E-state index in [9.17, 15) is 14.4 Å². The van der Waals surface area contributed by atoms with Crippen molar-refractivity contribution >= 4 is 29.2 Å². The number of nitrogens with one attached hydrogen (secondary N) is 1. The third kappa shape index (κ3) is 4.79. The Morgan fingerprint density at radius 2 is 1.71 bits per heavy atom. The standard InChI is InChI=1S/C20H22N2O6/c1-13(23)22(17-8-6-5-7-15(17)20(25)28-4)12-19(24)21-16-11-14(26-2)9-10-18(16)27-3/h5-11H,12H2,1-4H3,(H,21,24). The van der Waals surface area contributed by atoms with E-state index >= 15 is 0 Å². The van der Waals surface area contributed by atoms with Crippen LogP contribution in [0.25, 0.3) is 0 Å². The van der Waals surface area contributed by atoms with Gasteiger partial charge in [0.25, 0.3) is 0 Å². The van der Waals surface area contributed by atoms with Gasteiger partial charge in [0.15, 0.2) is 0 Å². The van der Waals surface area contributed by atoms with Crippen LogP contribution in [0.4, 0.5) is 11.4 Å². The highest BCUT2D eigenvalue weighted by Gasteiger charge is 2.22. The number of ether oxygens (including phenoxy) is 3. The van der Waals surface area contributed by atoms with Gasteiger partial charge < -0.3 is 24.4 Å². The number of esters is 1.